The van der Waals surface area contributed by atoms with Crippen LogP contribution in [-0.2, 0) is 13.0 Å². The smallest absolute Gasteiger partial charge is 0.203 e. The van der Waals surface area contributed by atoms with Gasteiger partial charge >= 0.3 is 0 Å². The van der Waals surface area contributed by atoms with Crippen LogP contribution in [0.1, 0.15) is 30.3 Å². The summed E-state index contributed by atoms with van der Waals surface area (Å²) >= 11 is 1.35. The minimum atomic E-state index is 0.420. The third-order valence-corrected chi connectivity index (χ3v) is 3.31. The minimum absolute atomic E-state index is 0.420. The number of unbranched alkanes of at least 4 members (excludes halogenated alkanes) is 1. The highest BCUT2D eigenvalue weighted by atomic mass is 32.1. The molecular formula is C13H17N3OS. The molecule has 1 aromatic heterocycles. The average Bonchev–Trinajstić information content (AvgIpc) is 2.81. The van der Waals surface area contributed by atoms with Crippen molar-refractivity contribution in [3.8, 4) is 5.75 Å². The lowest BCUT2D eigenvalue weighted by atomic mass is 10.1. The number of hydrogen-bond donors (Lipinski definition) is 1. The molecule has 0 radical (unpaired) electrons. The lowest BCUT2D eigenvalue weighted by molar-refractivity contribution is 0.304. The van der Waals surface area contributed by atoms with Crippen molar-refractivity contribution in [2.75, 3.05) is 5.73 Å². The summed E-state index contributed by atoms with van der Waals surface area (Å²) in [6, 6.07) is 8.21. The van der Waals surface area contributed by atoms with E-state index in [0.29, 0.717) is 11.7 Å². The summed E-state index contributed by atoms with van der Waals surface area (Å²) in [7, 11) is 0. The molecule has 0 aliphatic carbocycles. The Labute approximate surface area is 111 Å². The predicted octanol–water partition coefficient (Wildman–Crippen LogP) is 3.04. The van der Waals surface area contributed by atoms with Gasteiger partial charge in [-0.1, -0.05) is 36.8 Å². The second-order valence-corrected chi connectivity index (χ2v) is 5.16. The molecule has 2 rings (SSSR count). The number of aryl methyl sites for hydroxylation is 1. The Bertz CT molecular complexity index is 481. The Morgan fingerprint density at radius 3 is 2.61 bits per heavy atom. The highest BCUT2D eigenvalue weighted by Crippen LogP contribution is 2.17. The first kappa shape index (κ1) is 12.8. The topological polar surface area (TPSA) is 61.0 Å². The van der Waals surface area contributed by atoms with Gasteiger partial charge in [0.1, 0.15) is 12.4 Å². The van der Waals surface area contributed by atoms with E-state index < -0.39 is 0 Å². The Balaban J connectivity index is 1.86. The number of rotatable bonds is 6. The summed E-state index contributed by atoms with van der Waals surface area (Å²) in [6.45, 7) is 2.62. The zero-order valence-corrected chi connectivity index (χ0v) is 11.2. The minimum Gasteiger partial charge on any atom is -0.486 e. The number of hydrogen-bond acceptors (Lipinski definition) is 5. The van der Waals surface area contributed by atoms with Gasteiger partial charge in [-0.05, 0) is 30.5 Å². The van der Waals surface area contributed by atoms with Gasteiger partial charge < -0.3 is 10.5 Å². The lowest BCUT2D eigenvalue weighted by Crippen LogP contribution is -1.95. The fraction of sp³-hybridized carbons (Fsp3) is 0.385. The van der Waals surface area contributed by atoms with Gasteiger partial charge in [0, 0.05) is 0 Å². The molecule has 4 nitrogen and oxygen atoms in total. The van der Waals surface area contributed by atoms with Crippen molar-refractivity contribution in [2.45, 2.75) is 32.8 Å². The SMILES string of the molecule is CCCCc1ccc(OCc2nnc(N)s2)cc1. The molecule has 0 bridgehead atoms. The Morgan fingerprint density at radius 2 is 2.00 bits per heavy atom. The van der Waals surface area contributed by atoms with E-state index >= 15 is 0 Å². The fourth-order valence-electron chi connectivity index (χ4n) is 1.60. The maximum atomic E-state index is 5.62. The lowest BCUT2D eigenvalue weighted by Gasteiger charge is -2.05. The van der Waals surface area contributed by atoms with Crippen LogP contribution < -0.4 is 10.5 Å². The van der Waals surface area contributed by atoms with Crippen molar-refractivity contribution in [3.63, 3.8) is 0 Å². The third kappa shape index (κ3) is 3.70. The number of nitrogens with two attached hydrogens (primary N) is 1. The van der Waals surface area contributed by atoms with Gasteiger partial charge in [0.05, 0.1) is 0 Å². The van der Waals surface area contributed by atoms with Gasteiger partial charge in [-0.3, -0.25) is 0 Å². The first-order valence-electron chi connectivity index (χ1n) is 6.07. The second-order valence-electron chi connectivity index (χ2n) is 4.07. The van der Waals surface area contributed by atoms with Gasteiger partial charge in [0.15, 0.2) is 5.01 Å². The van der Waals surface area contributed by atoms with Crippen molar-refractivity contribution < 1.29 is 4.74 Å². The molecular weight excluding hydrogens is 246 g/mol. The molecule has 0 unspecified atom stereocenters. The van der Waals surface area contributed by atoms with Crippen LogP contribution in [0.2, 0.25) is 0 Å². The van der Waals surface area contributed by atoms with E-state index in [9.17, 15) is 0 Å². The average molecular weight is 263 g/mol. The molecule has 0 saturated carbocycles. The molecule has 18 heavy (non-hydrogen) atoms. The summed E-state index contributed by atoms with van der Waals surface area (Å²) in [5.41, 5.74) is 6.85. The molecule has 0 aliphatic heterocycles. The third-order valence-electron chi connectivity index (χ3n) is 2.59. The largest absolute Gasteiger partial charge is 0.486 e. The maximum Gasteiger partial charge on any atom is 0.203 e. The zero-order chi connectivity index (χ0) is 12.8. The van der Waals surface area contributed by atoms with Gasteiger partial charge in [0.2, 0.25) is 5.13 Å². The summed E-state index contributed by atoms with van der Waals surface area (Å²) in [5.74, 6) is 0.851. The summed E-state index contributed by atoms with van der Waals surface area (Å²) in [5, 5.41) is 8.92. The number of nitrogens with zero attached hydrogens (tertiary/aromatic N) is 2. The van der Waals surface area contributed by atoms with Crippen molar-refractivity contribution in [1.29, 1.82) is 0 Å². The second kappa shape index (κ2) is 6.35. The molecule has 0 spiro atoms. The van der Waals surface area contributed by atoms with Crippen molar-refractivity contribution in [2.24, 2.45) is 0 Å². The molecule has 0 amide bonds. The summed E-state index contributed by atoms with van der Waals surface area (Å²) in [4.78, 5) is 0. The van der Waals surface area contributed by atoms with Crippen LogP contribution >= 0.6 is 11.3 Å². The zero-order valence-electron chi connectivity index (χ0n) is 10.4. The summed E-state index contributed by atoms with van der Waals surface area (Å²) < 4.78 is 5.62. The molecule has 0 saturated heterocycles. The number of benzene rings is 1. The highest BCUT2D eigenvalue weighted by Gasteiger charge is 2.02. The van der Waals surface area contributed by atoms with E-state index in [-0.39, 0.29) is 0 Å². The number of anilines is 1. The molecule has 0 atom stereocenters. The Hall–Kier alpha value is -1.62. The highest BCUT2D eigenvalue weighted by molar-refractivity contribution is 7.15. The van der Waals surface area contributed by atoms with Gasteiger partial charge in [-0.25, -0.2) is 0 Å². The maximum absolute atomic E-state index is 5.62. The van der Waals surface area contributed by atoms with Crippen LogP contribution in [0.4, 0.5) is 5.13 Å². The number of ether oxygens (including phenoxy) is 1. The van der Waals surface area contributed by atoms with Crippen LogP contribution in [0.15, 0.2) is 24.3 Å². The first-order valence-corrected chi connectivity index (χ1v) is 6.89. The van der Waals surface area contributed by atoms with Crippen LogP contribution in [0.3, 0.4) is 0 Å². The van der Waals surface area contributed by atoms with Crippen molar-refractivity contribution >= 4 is 16.5 Å². The van der Waals surface area contributed by atoms with E-state index in [2.05, 4.69) is 29.3 Å². The molecule has 1 aromatic carbocycles. The van der Waals surface area contributed by atoms with E-state index in [4.69, 9.17) is 10.5 Å². The first-order chi connectivity index (χ1) is 8.78. The quantitative estimate of drug-likeness (QED) is 0.870. The van der Waals surface area contributed by atoms with Gasteiger partial charge in [-0.15, -0.1) is 10.2 Å². The van der Waals surface area contributed by atoms with Crippen molar-refractivity contribution in [1.82, 2.24) is 10.2 Å². The Morgan fingerprint density at radius 1 is 1.22 bits per heavy atom. The molecule has 0 aliphatic rings. The van der Waals surface area contributed by atoms with E-state index in [1.807, 2.05) is 12.1 Å². The molecule has 1 heterocycles. The molecule has 0 fully saturated rings. The van der Waals surface area contributed by atoms with E-state index in [0.717, 1.165) is 17.2 Å². The fourth-order valence-corrected chi connectivity index (χ4v) is 2.13. The van der Waals surface area contributed by atoms with Crippen LogP contribution in [0.25, 0.3) is 0 Å². The number of aromatic nitrogens is 2. The van der Waals surface area contributed by atoms with Gasteiger partial charge in [-0.2, -0.15) is 0 Å². The van der Waals surface area contributed by atoms with Crippen LogP contribution in [0.5, 0.6) is 5.75 Å². The van der Waals surface area contributed by atoms with Crippen molar-refractivity contribution in [3.05, 3.63) is 34.8 Å². The Kier molecular flexibility index (Phi) is 4.52. The van der Waals surface area contributed by atoms with E-state index in [1.54, 1.807) is 0 Å². The van der Waals surface area contributed by atoms with Crippen LogP contribution in [0, 0.1) is 0 Å². The predicted molar refractivity (Wildman–Crippen MR) is 73.7 cm³/mol. The molecule has 2 aromatic rings. The molecule has 5 heteroatoms. The van der Waals surface area contributed by atoms with E-state index in [1.165, 1.54) is 29.7 Å². The normalized spacial score (nSPS) is 10.5. The van der Waals surface area contributed by atoms with Gasteiger partial charge in [0.25, 0.3) is 0 Å². The monoisotopic (exact) mass is 263 g/mol. The number of nitrogen functional groups attached to an aromatic ring is 1. The standard InChI is InChI=1S/C13H17N3OS/c1-2-3-4-10-5-7-11(8-6-10)17-9-12-15-16-13(14)18-12/h5-8H,2-4,9H2,1H3,(H2,14,16). The van der Waals surface area contributed by atoms with Crippen LogP contribution in [-0.4, -0.2) is 10.2 Å². The molecule has 96 valence electrons. The summed E-state index contributed by atoms with van der Waals surface area (Å²) in [6.07, 6.45) is 3.57. The molecule has 2 N–H and O–H groups in total.